The maximum absolute atomic E-state index is 11.8. The number of amides is 1. The Hall–Kier alpha value is -2.50. The van der Waals surface area contributed by atoms with Crippen molar-refractivity contribution in [2.45, 2.75) is 39.0 Å². The van der Waals surface area contributed by atoms with Gasteiger partial charge in [-0.3, -0.25) is 4.79 Å². The van der Waals surface area contributed by atoms with E-state index in [4.69, 9.17) is 13.9 Å². The summed E-state index contributed by atoms with van der Waals surface area (Å²) >= 11 is 0. The maximum Gasteiger partial charge on any atom is 0.220 e. The molecule has 136 valence electrons. The molecule has 1 N–H and O–H groups in total. The highest BCUT2D eigenvalue weighted by Crippen LogP contribution is 2.33. The number of nitrogens with zero attached hydrogens (tertiary/aromatic N) is 1. The summed E-state index contributed by atoms with van der Waals surface area (Å²) in [5.74, 6) is 2.53. The summed E-state index contributed by atoms with van der Waals surface area (Å²) < 4.78 is 16.3. The summed E-state index contributed by atoms with van der Waals surface area (Å²) in [6.07, 6.45) is 5.78. The second kappa shape index (κ2) is 9.71. The number of carbonyl (C=O) groups excluding carboxylic acids is 1. The van der Waals surface area contributed by atoms with Gasteiger partial charge in [0.05, 0.1) is 26.0 Å². The SMILES string of the molecule is CCCCCNC(=O)CCc1ncc(-c2ccc(OC)cc2OC)o1. The first kappa shape index (κ1) is 18.8. The van der Waals surface area contributed by atoms with Gasteiger partial charge in [0.15, 0.2) is 11.7 Å². The fourth-order valence-electron chi connectivity index (χ4n) is 2.46. The molecule has 0 unspecified atom stereocenters. The van der Waals surface area contributed by atoms with Crippen LogP contribution < -0.4 is 14.8 Å². The number of rotatable bonds is 10. The Balaban J connectivity index is 1.93. The number of ether oxygens (including phenoxy) is 2. The van der Waals surface area contributed by atoms with Crippen molar-refractivity contribution in [2.24, 2.45) is 0 Å². The summed E-state index contributed by atoms with van der Waals surface area (Å²) in [6, 6.07) is 5.49. The van der Waals surface area contributed by atoms with E-state index in [-0.39, 0.29) is 5.91 Å². The topological polar surface area (TPSA) is 73.6 Å². The molecule has 1 heterocycles. The monoisotopic (exact) mass is 346 g/mol. The van der Waals surface area contributed by atoms with Crippen molar-refractivity contribution in [3.05, 3.63) is 30.3 Å². The summed E-state index contributed by atoms with van der Waals surface area (Å²) in [6.45, 7) is 2.87. The van der Waals surface area contributed by atoms with Crippen molar-refractivity contribution >= 4 is 5.91 Å². The fraction of sp³-hybridized carbons (Fsp3) is 0.474. The Morgan fingerprint density at radius 2 is 2.08 bits per heavy atom. The third-order valence-electron chi connectivity index (χ3n) is 3.90. The van der Waals surface area contributed by atoms with Gasteiger partial charge in [0.25, 0.3) is 0 Å². The van der Waals surface area contributed by atoms with Gasteiger partial charge in [-0.15, -0.1) is 0 Å². The molecule has 0 saturated heterocycles. The average Bonchev–Trinajstić information content (AvgIpc) is 3.11. The Morgan fingerprint density at radius 3 is 2.80 bits per heavy atom. The van der Waals surface area contributed by atoms with Crippen molar-refractivity contribution in [3.8, 4) is 22.8 Å². The molecule has 0 atom stereocenters. The number of benzene rings is 1. The minimum Gasteiger partial charge on any atom is -0.497 e. The van der Waals surface area contributed by atoms with Crippen LogP contribution in [-0.4, -0.2) is 31.7 Å². The van der Waals surface area contributed by atoms with E-state index >= 15 is 0 Å². The van der Waals surface area contributed by atoms with Crippen LogP contribution in [0.5, 0.6) is 11.5 Å². The number of methoxy groups -OCH3 is 2. The smallest absolute Gasteiger partial charge is 0.220 e. The third-order valence-corrected chi connectivity index (χ3v) is 3.90. The van der Waals surface area contributed by atoms with Crippen LogP contribution in [0.1, 0.15) is 38.5 Å². The van der Waals surface area contributed by atoms with Gasteiger partial charge in [-0.05, 0) is 18.6 Å². The Kier molecular flexibility index (Phi) is 7.32. The van der Waals surface area contributed by atoms with Crippen molar-refractivity contribution in [2.75, 3.05) is 20.8 Å². The van der Waals surface area contributed by atoms with Gasteiger partial charge in [0, 0.05) is 25.5 Å². The minimum atomic E-state index is 0.0258. The lowest BCUT2D eigenvalue weighted by molar-refractivity contribution is -0.121. The number of hydrogen-bond acceptors (Lipinski definition) is 5. The van der Waals surface area contributed by atoms with Crippen LogP contribution in [-0.2, 0) is 11.2 Å². The lowest BCUT2D eigenvalue weighted by Crippen LogP contribution is -2.24. The number of carbonyl (C=O) groups is 1. The normalized spacial score (nSPS) is 10.5. The molecule has 1 aromatic carbocycles. The molecular formula is C19H26N2O4. The van der Waals surface area contributed by atoms with Gasteiger partial charge in [-0.1, -0.05) is 19.8 Å². The summed E-state index contributed by atoms with van der Waals surface area (Å²) in [5, 5.41) is 2.91. The molecule has 0 aliphatic carbocycles. The molecule has 0 radical (unpaired) electrons. The Labute approximate surface area is 148 Å². The highest BCUT2D eigenvalue weighted by Gasteiger charge is 2.13. The zero-order valence-electron chi connectivity index (χ0n) is 15.1. The first-order valence-electron chi connectivity index (χ1n) is 8.61. The number of aryl methyl sites for hydroxylation is 1. The predicted octanol–water partition coefficient (Wildman–Crippen LogP) is 3.60. The molecule has 0 aliphatic rings. The summed E-state index contributed by atoms with van der Waals surface area (Å²) in [7, 11) is 3.20. The number of unbranched alkanes of at least 4 members (excludes halogenated alkanes) is 2. The Morgan fingerprint density at radius 1 is 1.24 bits per heavy atom. The van der Waals surface area contributed by atoms with Crippen molar-refractivity contribution in [3.63, 3.8) is 0 Å². The second-order valence-corrected chi connectivity index (χ2v) is 5.74. The predicted molar refractivity (Wildman–Crippen MR) is 95.9 cm³/mol. The van der Waals surface area contributed by atoms with Crippen LogP contribution in [0.2, 0.25) is 0 Å². The summed E-state index contributed by atoms with van der Waals surface area (Å²) in [5.41, 5.74) is 0.797. The highest BCUT2D eigenvalue weighted by atomic mass is 16.5. The summed E-state index contributed by atoms with van der Waals surface area (Å²) in [4.78, 5) is 16.1. The molecule has 2 aromatic rings. The molecule has 0 aliphatic heterocycles. The number of oxazole rings is 1. The van der Waals surface area contributed by atoms with Crippen LogP contribution in [0.15, 0.2) is 28.8 Å². The lowest BCUT2D eigenvalue weighted by atomic mass is 10.1. The average molecular weight is 346 g/mol. The van der Waals surface area contributed by atoms with Crippen LogP contribution in [0.3, 0.4) is 0 Å². The zero-order chi connectivity index (χ0) is 18.1. The van der Waals surface area contributed by atoms with E-state index in [1.807, 2.05) is 12.1 Å². The van der Waals surface area contributed by atoms with Gasteiger partial charge in [0.2, 0.25) is 5.91 Å². The number of nitrogens with one attached hydrogen (secondary N) is 1. The quantitative estimate of drug-likeness (QED) is 0.666. The van der Waals surface area contributed by atoms with Gasteiger partial charge < -0.3 is 19.2 Å². The van der Waals surface area contributed by atoms with Gasteiger partial charge in [-0.2, -0.15) is 0 Å². The van der Waals surface area contributed by atoms with E-state index in [0.717, 1.165) is 31.4 Å². The highest BCUT2D eigenvalue weighted by molar-refractivity contribution is 5.76. The maximum atomic E-state index is 11.8. The molecule has 1 aromatic heterocycles. The van der Waals surface area contributed by atoms with E-state index in [1.165, 1.54) is 0 Å². The van der Waals surface area contributed by atoms with Gasteiger partial charge >= 0.3 is 0 Å². The fourth-order valence-corrected chi connectivity index (χ4v) is 2.46. The van der Waals surface area contributed by atoms with E-state index < -0.39 is 0 Å². The van der Waals surface area contributed by atoms with Crippen molar-refractivity contribution < 1.29 is 18.7 Å². The number of hydrogen-bond donors (Lipinski definition) is 1. The molecule has 2 rings (SSSR count). The molecule has 1 amide bonds. The molecule has 25 heavy (non-hydrogen) atoms. The minimum absolute atomic E-state index is 0.0258. The molecule has 6 heteroatoms. The first-order chi connectivity index (χ1) is 12.2. The van der Waals surface area contributed by atoms with E-state index in [9.17, 15) is 4.79 Å². The Bertz CT molecular complexity index is 682. The van der Waals surface area contributed by atoms with Crippen LogP contribution >= 0.6 is 0 Å². The second-order valence-electron chi connectivity index (χ2n) is 5.74. The van der Waals surface area contributed by atoms with Crippen molar-refractivity contribution in [1.29, 1.82) is 0 Å². The lowest BCUT2D eigenvalue weighted by Gasteiger charge is -2.08. The molecule has 0 fully saturated rings. The molecule has 0 saturated carbocycles. The van der Waals surface area contributed by atoms with Crippen LogP contribution in [0.4, 0.5) is 0 Å². The van der Waals surface area contributed by atoms with E-state index in [0.29, 0.717) is 36.0 Å². The molecule has 0 spiro atoms. The molecule has 6 nitrogen and oxygen atoms in total. The number of aromatic nitrogens is 1. The largest absolute Gasteiger partial charge is 0.497 e. The van der Waals surface area contributed by atoms with Crippen LogP contribution in [0, 0.1) is 0 Å². The van der Waals surface area contributed by atoms with Crippen LogP contribution in [0.25, 0.3) is 11.3 Å². The zero-order valence-corrected chi connectivity index (χ0v) is 15.1. The van der Waals surface area contributed by atoms with Gasteiger partial charge in [0.1, 0.15) is 11.5 Å². The van der Waals surface area contributed by atoms with E-state index in [1.54, 1.807) is 26.5 Å². The standard InChI is InChI=1S/C19H26N2O4/c1-4-5-6-11-20-18(22)9-10-19-21-13-17(25-19)15-8-7-14(23-2)12-16(15)24-3/h7-8,12-13H,4-6,9-11H2,1-3H3,(H,20,22). The van der Waals surface area contributed by atoms with E-state index in [2.05, 4.69) is 17.2 Å². The molecular weight excluding hydrogens is 320 g/mol. The third kappa shape index (κ3) is 5.52. The first-order valence-corrected chi connectivity index (χ1v) is 8.61. The van der Waals surface area contributed by atoms with Crippen molar-refractivity contribution in [1.82, 2.24) is 10.3 Å². The van der Waals surface area contributed by atoms with Gasteiger partial charge in [-0.25, -0.2) is 4.98 Å². The molecule has 0 bridgehead atoms.